The molecule has 1 heteroatoms. The zero-order chi connectivity index (χ0) is 20.5. The predicted octanol–water partition coefficient (Wildman–Crippen LogP) is 7.69. The van der Waals surface area contributed by atoms with Crippen molar-refractivity contribution in [1.82, 2.24) is 0 Å². The number of hydrogen-bond acceptors (Lipinski definition) is 1. The van der Waals surface area contributed by atoms with E-state index in [1.165, 1.54) is 24.0 Å². The van der Waals surface area contributed by atoms with E-state index in [1.54, 1.807) is 0 Å². The molecule has 1 aliphatic rings. The molecular formula is C25H47N. The minimum absolute atomic E-state index is 0.218. The van der Waals surface area contributed by atoms with Crippen LogP contribution in [0.25, 0.3) is 0 Å². The first kappa shape index (κ1) is 25.2. The highest BCUT2D eigenvalue weighted by Crippen LogP contribution is 2.48. The van der Waals surface area contributed by atoms with Crippen LogP contribution in [0.15, 0.2) is 36.5 Å². The van der Waals surface area contributed by atoms with Gasteiger partial charge in [0.15, 0.2) is 0 Å². The molecule has 0 heterocycles. The van der Waals surface area contributed by atoms with Gasteiger partial charge in [-0.1, -0.05) is 90.8 Å². The third kappa shape index (κ3) is 6.41. The van der Waals surface area contributed by atoms with Gasteiger partial charge in [0.05, 0.1) is 0 Å². The van der Waals surface area contributed by atoms with Gasteiger partial charge in [0, 0.05) is 5.54 Å². The van der Waals surface area contributed by atoms with Crippen molar-refractivity contribution in [2.75, 3.05) is 0 Å². The second kappa shape index (κ2) is 11.8. The van der Waals surface area contributed by atoms with Gasteiger partial charge in [0.1, 0.15) is 0 Å². The maximum atomic E-state index is 6.84. The third-order valence-electron chi connectivity index (χ3n) is 6.28. The highest BCUT2D eigenvalue weighted by atomic mass is 14.8. The van der Waals surface area contributed by atoms with Gasteiger partial charge in [-0.05, 0) is 62.7 Å². The second-order valence-electron chi connectivity index (χ2n) is 8.55. The van der Waals surface area contributed by atoms with E-state index in [0.29, 0.717) is 23.7 Å². The molecule has 152 valence electrons. The van der Waals surface area contributed by atoms with Crippen LogP contribution >= 0.6 is 0 Å². The molecule has 0 amide bonds. The van der Waals surface area contributed by atoms with Crippen LogP contribution in [-0.4, -0.2) is 5.54 Å². The van der Waals surface area contributed by atoms with E-state index in [1.807, 2.05) is 13.8 Å². The lowest BCUT2D eigenvalue weighted by Crippen LogP contribution is -2.55. The average Bonchev–Trinajstić information content (AvgIpc) is 2.58. The first-order chi connectivity index (χ1) is 12.2. The molecular weight excluding hydrogens is 314 g/mol. The molecule has 0 aromatic heterocycles. The quantitative estimate of drug-likeness (QED) is 0.418. The third-order valence-corrected chi connectivity index (χ3v) is 6.28. The van der Waals surface area contributed by atoms with Gasteiger partial charge in [-0.15, -0.1) is 0 Å². The van der Waals surface area contributed by atoms with Crippen LogP contribution in [-0.2, 0) is 0 Å². The molecule has 1 nitrogen and oxygen atoms in total. The summed E-state index contributed by atoms with van der Waals surface area (Å²) >= 11 is 0. The van der Waals surface area contributed by atoms with Gasteiger partial charge in [0.25, 0.3) is 0 Å². The van der Waals surface area contributed by atoms with E-state index < -0.39 is 0 Å². The summed E-state index contributed by atoms with van der Waals surface area (Å²) in [6.45, 7) is 28.3. The molecule has 1 fully saturated rings. The SMILES string of the molecule is C=C(CCC)CC(C)CC(=C)C1C(C)CCC(N)(C(=C)C)C1CC.CC. The maximum Gasteiger partial charge on any atom is 0.0397 e. The molecule has 26 heavy (non-hydrogen) atoms. The van der Waals surface area contributed by atoms with Gasteiger partial charge >= 0.3 is 0 Å². The van der Waals surface area contributed by atoms with Crippen LogP contribution < -0.4 is 5.73 Å². The topological polar surface area (TPSA) is 26.0 Å². The zero-order valence-electron chi connectivity index (χ0n) is 19.0. The van der Waals surface area contributed by atoms with Crippen molar-refractivity contribution in [3.05, 3.63) is 36.5 Å². The van der Waals surface area contributed by atoms with Crippen molar-refractivity contribution >= 4 is 0 Å². The van der Waals surface area contributed by atoms with E-state index in [2.05, 4.69) is 54.4 Å². The van der Waals surface area contributed by atoms with Gasteiger partial charge in [-0.2, -0.15) is 0 Å². The first-order valence-corrected chi connectivity index (χ1v) is 11.0. The number of hydrogen-bond donors (Lipinski definition) is 1. The predicted molar refractivity (Wildman–Crippen MR) is 120 cm³/mol. The molecule has 1 rings (SSSR count). The molecule has 0 aromatic rings. The Hall–Kier alpha value is -0.820. The Morgan fingerprint density at radius 2 is 1.73 bits per heavy atom. The van der Waals surface area contributed by atoms with E-state index in [9.17, 15) is 0 Å². The second-order valence-corrected chi connectivity index (χ2v) is 8.55. The fourth-order valence-electron chi connectivity index (χ4n) is 4.99. The smallest absolute Gasteiger partial charge is 0.0397 e. The molecule has 0 spiro atoms. The summed E-state index contributed by atoms with van der Waals surface area (Å²) < 4.78 is 0. The number of allylic oxidation sites excluding steroid dienone is 2. The van der Waals surface area contributed by atoms with Gasteiger partial charge in [-0.3, -0.25) is 0 Å². The Bertz CT molecular complexity index is 461. The molecule has 0 bridgehead atoms. The molecule has 1 aliphatic carbocycles. The average molecular weight is 362 g/mol. The fraction of sp³-hybridized carbons (Fsp3) is 0.760. The molecule has 1 saturated carbocycles. The van der Waals surface area contributed by atoms with E-state index in [-0.39, 0.29) is 5.54 Å². The Kier molecular flexibility index (Phi) is 11.4. The summed E-state index contributed by atoms with van der Waals surface area (Å²) in [5, 5.41) is 0. The van der Waals surface area contributed by atoms with Crippen molar-refractivity contribution in [3.8, 4) is 0 Å². The first-order valence-electron chi connectivity index (χ1n) is 11.0. The van der Waals surface area contributed by atoms with Crippen LogP contribution in [0.1, 0.15) is 93.4 Å². The van der Waals surface area contributed by atoms with Gasteiger partial charge < -0.3 is 5.73 Å². The molecule has 0 aliphatic heterocycles. The molecule has 0 saturated heterocycles. The Balaban J connectivity index is 0.00000301. The van der Waals surface area contributed by atoms with Gasteiger partial charge in [0.2, 0.25) is 0 Å². The fourth-order valence-corrected chi connectivity index (χ4v) is 4.99. The summed E-state index contributed by atoms with van der Waals surface area (Å²) in [6, 6.07) is 0. The standard InChI is InChI=1S/C23H41N.C2H6/c1-9-11-17(5)14-18(6)15-20(8)22-19(7)12-13-23(24,16(3)4)21(22)10-2;1-2/h18-19,21-22H,3,5,8-15,24H2,1-2,4,6-7H3;1-2H3. The van der Waals surface area contributed by atoms with E-state index in [4.69, 9.17) is 5.73 Å². The molecule has 2 N–H and O–H groups in total. The number of nitrogens with two attached hydrogens (primary N) is 1. The van der Waals surface area contributed by atoms with Crippen LogP contribution in [0.3, 0.4) is 0 Å². The lowest BCUT2D eigenvalue weighted by Gasteiger charge is -2.50. The summed E-state index contributed by atoms with van der Waals surface area (Å²) in [7, 11) is 0. The summed E-state index contributed by atoms with van der Waals surface area (Å²) in [4.78, 5) is 0. The number of rotatable bonds is 9. The van der Waals surface area contributed by atoms with E-state index >= 15 is 0 Å². The Labute approximate surface area is 165 Å². The monoisotopic (exact) mass is 361 g/mol. The lowest BCUT2D eigenvalue weighted by molar-refractivity contribution is 0.110. The maximum absolute atomic E-state index is 6.84. The van der Waals surface area contributed by atoms with Crippen LogP contribution in [0, 0.1) is 23.7 Å². The molecule has 0 radical (unpaired) electrons. The Morgan fingerprint density at radius 3 is 2.19 bits per heavy atom. The normalized spacial score (nSPS) is 29.3. The Morgan fingerprint density at radius 1 is 1.15 bits per heavy atom. The van der Waals surface area contributed by atoms with Crippen LogP contribution in [0.2, 0.25) is 0 Å². The van der Waals surface area contributed by atoms with Crippen molar-refractivity contribution in [3.63, 3.8) is 0 Å². The van der Waals surface area contributed by atoms with Crippen LogP contribution in [0.5, 0.6) is 0 Å². The largest absolute Gasteiger partial charge is 0.321 e. The highest BCUT2D eigenvalue weighted by molar-refractivity contribution is 5.23. The van der Waals surface area contributed by atoms with Crippen molar-refractivity contribution < 1.29 is 0 Å². The van der Waals surface area contributed by atoms with Crippen molar-refractivity contribution in [2.24, 2.45) is 29.4 Å². The van der Waals surface area contributed by atoms with Gasteiger partial charge in [-0.25, -0.2) is 0 Å². The summed E-state index contributed by atoms with van der Waals surface area (Å²) in [5.74, 6) is 2.29. The minimum atomic E-state index is -0.218. The molecule has 5 atom stereocenters. The summed E-state index contributed by atoms with van der Waals surface area (Å²) in [5.41, 5.74) is 10.6. The van der Waals surface area contributed by atoms with E-state index in [0.717, 1.165) is 37.7 Å². The lowest BCUT2D eigenvalue weighted by atomic mass is 9.58. The molecule has 0 aromatic carbocycles. The van der Waals surface area contributed by atoms with Crippen molar-refractivity contribution in [1.29, 1.82) is 0 Å². The zero-order valence-corrected chi connectivity index (χ0v) is 19.0. The highest BCUT2D eigenvalue weighted by Gasteiger charge is 2.46. The summed E-state index contributed by atoms with van der Waals surface area (Å²) in [6.07, 6.45) is 7.91. The molecule has 5 unspecified atom stereocenters. The minimum Gasteiger partial charge on any atom is -0.321 e. The van der Waals surface area contributed by atoms with Crippen molar-refractivity contribution in [2.45, 2.75) is 99.0 Å². The van der Waals surface area contributed by atoms with Crippen LogP contribution in [0.4, 0.5) is 0 Å².